The maximum absolute atomic E-state index is 11.0. The van der Waals surface area contributed by atoms with Gasteiger partial charge in [0.25, 0.3) is 0 Å². The van der Waals surface area contributed by atoms with Gasteiger partial charge in [-0.1, -0.05) is 0 Å². The van der Waals surface area contributed by atoms with Gasteiger partial charge >= 0.3 is 0 Å². The van der Waals surface area contributed by atoms with Gasteiger partial charge in [-0.3, -0.25) is 4.21 Å². The molecule has 1 aromatic rings. The molecule has 1 aromatic heterocycles. The molecule has 1 aliphatic heterocycles. The number of aromatic nitrogens is 2. The highest BCUT2D eigenvalue weighted by Crippen LogP contribution is 2.19. The Bertz CT molecular complexity index is 449. The Hall–Kier alpha value is -1.05. The minimum atomic E-state index is -0.795. The summed E-state index contributed by atoms with van der Waals surface area (Å²) < 4.78 is 16.7. The van der Waals surface area contributed by atoms with Gasteiger partial charge in [-0.25, -0.2) is 9.97 Å². The van der Waals surface area contributed by atoms with Crippen molar-refractivity contribution in [3.05, 3.63) is 17.6 Å². The molecule has 106 valence electrons. The standard InChI is InChI=1S/C12H20N4O2S/c1-9-15-10(11-8-13-3-5-18-11)7-12(16-9)14-4-6-19(2)17/h7,11,13H,3-6,8H2,1-2H3,(H,14,15,16). The van der Waals surface area contributed by atoms with Crippen LogP contribution in [-0.2, 0) is 15.5 Å². The highest BCUT2D eigenvalue weighted by molar-refractivity contribution is 7.84. The molecular formula is C12H20N4O2S. The minimum absolute atomic E-state index is 0.0173. The summed E-state index contributed by atoms with van der Waals surface area (Å²) in [6, 6.07) is 1.91. The van der Waals surface area contributed by atoms with Crippen LogP contribution in [0.25, 0.3) is 0 Å². The molecule has 0 spiro atoms. The topological polar surface area (TPSA) is 76.1 Å². The van der Waals surface area contributed by atoms with Gasteiger partial charge in [0, 0.05) is 48.5 Å². The molecule has 0 bridgehead atoms. The van der Waals surface area contributed by atoms with Crippen LogP contribution in [0.3, 0.4) is 0 Å². The first kappa shape index (κ1) is 14.4. The van der Waals surface area contributed by atoms with E-state index in [2.05, 4.69) is 20.6 Å². The second-order valence-corrected chi connectivity index (χ2v) is 6.05. The molecule has 2 heterocycles. The zero-order valence-corrected chi connectivity index (χ0v) is 12.1. The van der Waals surface area contributed by atoms with Crippen LogP contribution in [0.5, 0.6) is 0 Å². The quantitative estimate of drug-likeness (QED) is 0.806. The summed E-state index contributed by atoms with van der Waals surface area (Å²) in [7, 11) is -0.795. The van der Waals surface area contributed by atoms with E-state index in [1.807, 2.05) is 13.0 Å². The van der Waals surface area contributed by atoms with Crippen LogP contribution in [0.1, 0.15) is 17.6 Å². The Morgan fingerprint density at radius 2 is 2.42 bits per heavy atom. The van der Waals surface area contributed by atoms with Crippen molar-refractivity contribution in [3.8, 4) is 0 Å². The molecule has 0 radical (unpaired) electrons. The van der Waals surface area contributed by atoms with Crippen molar-refractivity contribution in [1.29, 1.82) is 0 Å². The van der Waals surface area contributed by atoms with Gasteiger partial charge < -0.3 is 15.4 Å². The Morgan fingerprint density at radius 3 is 3.11 bits per heavy atom. The zero-order chi connectivity index (χ0) is 13.7. The normalized spacial score (nSPS) is 21.1. The van der Waals surface area contributed by atoms with Crippen LogP contribution >= 0.6 is 0 Å². The fourth-order valence-corrected chi connectivity index (χ4v) is 2.31. The molecule has 2 N–H and O–H groups in total. The lowest BCUT2D eigenvalue weighted by Gasteiger charge is -2.23. The number of nitrogens with one attached hydrogen (secondary N) is 2. The maximum Gasteiger partial charge on any atom is 0.130 e. The highest BCUT2D eigenvalue weighted by atomic mass is 32.2. The Balaban J connectivity index is 2.03. The molecule has 0 aliphatic carbocycles. The lowest BCUT2D eigenvalue weighted by Crippen LogP contribution is -2.34. The van der Waals surface area contributed by atoms with Gasteiger partial charge in [0.15, 0.2) is 0 Å². The third-order valence-electron chi connectivity index (χ3n) is 2.81. The SMILES string of the molecule is Cc1nc(NCCS(C)=O)cc(C2CNCCO2)n1. The molecule has 0 aromatic carbocycles. The monoisotopic (exact) mass is 284 g/mol. The van der Waals surface area contributed by atoms with Crippen molar-refractivity contribution in [1.82, 2.24) is 15.3 Å². The summed E-state index contributed by atoms with van der Waals surface area (Å²) in [6.45, 7) is 4.86. The van der Waals surface area contributed by atoms with Crippen molar-refractivity contribution < 1.29 is 8.95 Å². The van der Waals surface area contributed by atoms with Crippen LogP contribution in [-0.4, -0.2) is 52.4 Å². The average molecular weight is 284 g/mol. The highest BCUT2D eigenvalue weighted by Gasteiger charge is 2.18. The summed E-state index contributed by atoms with van der Waals surface area (Å²) in [4.78, 5) is 8.75. The predicted octanol–water partition coefficient (Wildman–Crippen LogP) is 0.236. The fraction of sp³-hybridized carbons (Fsp3) is 0.667. The molecule has 1 saturated heterocycles. The largest absolute Gasteiger partial charge is 0.369 e. The summed E-state index contributed by atoms with van der Waals surface area (Å²) >= 11 is 0. The van der Waals surface area contributed by atoms with Crippen molar-refractivity contribution in [2.45, 2.75) is 13.0 Å². The van der Waals surface area contributed by atoms with E-state index < -0.39 is 10.8 Å². The molecule has 6 nitrogen and oxygen atoms in total. The number of nitrogens with zero attached hydrogens (tertiary/aromatic N) is 2. The molecule has 2 unspecified atom stereocenters. The van der Waals surface area contributed by atoms with Crippen LogP contribution in [0.4, 0.5) is 5.82 Å². The summed E-state index contributed by atoms with van der Waals surface area (Å²) in [5.74, 6) is 2.09. The molecule has 1 fully saturated rings. The number of ether oxygens (including phenoxy) is 1. The van der Waals surface area contributed by atoms with Gasteiger partial charge in [0.2, 0.25) is 0 Å². The molecule has 2 rings (SSSR count). The molecular weight excluding hydrogens is 264 g/mol. The van der Waals surface area contributed by atoms with E-state index in [0.29, 0.717) is 24.7 Å². The van der Waals surface area contributed by atoms with E-state index in [0.717, 1.165) is 24.6 Å². The van der Waals surface area contributed by atoms with E-state index in [1.165, 1.54) is 0 Å². The lowest BCUT2D eigenvalue weighted by molar-refractivity contribution is 0.0249. The minimum Gasteiger partial charge on any atom is -0.369 e. The molecule has 0 saturated carbocycles. The number of hydrogen-bond donors (Lipinski definition) is 2. The number of anilines is 1. The Morgan fingerprint density at radius 1 is 1.58 bits per heavy atom. The fourth-order valence-electron chi connectivity index (χ4n) is 1.92. The third kappa shape index (κ3) is 4.52. The van der Waals surface area contributed by atoms with Gasteiger partial charge in [0.1, 0.15) is 17.7 Å². The van der Waals surface area contributed by atoms with Crippen LogP contribution in [0.15, 0.2) is 6.07 Å². The van der Waals surface area contributed by atoms with Gasteiger partial charge in [0.05, 0.1) is 12.3 Å². The zero-order valence-electron chi connectivity index (χ0n) is 11.3. The summed E-state index contributed by atoms with van der Waals surface area (Å²) in [5, 5.41) is 6.46. The average Bonchev–Trinajstić information content (AvgIpc) is 2.39. The summed E-state index contributed by atoms with van der Waals surface area (Å²) in [5.41, 5.74) is 0.889. The molecule has 1 aliphatic rings. The van der Waals surface area contributed by atoms with Crippen molar-refractivity contribution >= 4 is 16.6 Å². The first-order chi connectivity index (χ1) is 9.15. The van der Waals surface area contributed by atoms with E-state index in [-0.39, 0.29) is 6.10 Å². The summed E-state index contributed by atoms with van der Waals surface area (Å²) in [6.07, 6.45) is 1.68. The van der Waals surface area contributed by atoms with Gasteiger partial charge in [-0.2, -0.15) is 0 Å². The van der Waals surface area contributed by atoms with Gasteiger partial charge in [-0.05, 0) is 6.92 Å². The van der Waals surface area contributed by atoms with Crippen LogP contribution in [0, 0.1) is 6.92 Å². The third-order valence-corrected chi connectivity index (χ3v) is 3.59. The molecule has 2 atom stereocenters. The van der Waals surface area contributed by atoms with Crippen molar-refractivity contribution in [2.24, 2.45) is 0 Å². The van der Waals surface area contributed by atoms with E-state index in [9.17, 15) is 4.21 Å². The molecule has 7 heteroatoms. The van der Waals surface area contributed by atoms with Crippen molar-refractivity contribution in [3.63, 3.8) is 0 Å². The molecule has 0 amide bonds. The maximum atomic E-state index is 11.0. The number of aryl methyl sites for hydroxylation is 1. The van der Waals surface area contributed by atoms with E-state index in [1.54, 1.807) is 6.26 Å². The second kappa shape index (κ2) is 6.93. The predicted molar refractivity (Wildman–Crippen MR) is 75.8 cm³/mol. The van der Waals surface area contributed by atoms with Crippen LogP contribution < -0.4 is 10.6 Å². The number of hydrogen-bond acceptors (Lipinski definition) is 6. The first-order valence-corrected chi connectivity index (χ1v) is 8.09. The first-order valence-electron chi connectivity index (χ1n) is 6.37. The second-order valence-electron chi connectivity index (χ2n) is 4.49. The number of morpholine rings is 1. The Kier molecular flexibility index (Phi) is 5.24. The lowest BCUT2D eigenvalue weighted by atomic mass is 10.2. The molecule has 19 heavy (non-hydrogen) atoms. The smallest absolute Gasteiger partial charge is 0.130 e. The Labute approximate surface area is 115 Å². The van der Waals surface area contributed by atoms with E-state index in [4.69, 9.17) is 4.74 Å². The van der Waals surface area contributed by atoms with Crippen molar-refractivity contribution in [2.75, 3.05) is 43.6 Å². The number of rotatable bonds is 5. The van der Waals surface area contributed by atoms with E-state index >= 15 is 0 Å². The van der Waals surface area contributed by atoms with Crippen LogP contribution in [0.2, 0.25) is 0 Å². The van der Waals surface area contributed by atoms with Gasteiger partial charge in [-0.15, -0.1) is 0 Å².